The first-order valence-electron chi connectivity index (χ1n) is 11.9. The fraction of sp³-hybridized carbons (Fsp3) is 0.192. The quantitative estimate of drug-likeness (QED) is 0.297. The first-order chi connectivity index (χ1) is 18.4. The lowest BCUT2D eigenvalue weighted by Crippen LogP contribution is -2.24. The predicted molar refractivity (Wildman–Crippen MR) is 138 cm³/mol. The summed E-state index contributed by atoms with van der Waals surface area (Å²) in [5, 5.41) is 9.23. The van der Waals surface area contributed by atoms with Crippen LogP contribution in [0.3, 0.4) is 0 Å². The third kappa shape index (κ3) is 3.92. The number of likely N-dealkylation sites (tertiary alicyclic amines) is 1. The molecule has 7 heterocycles. The molecule has 0 spiro atoms. The highest BCUT2D eigenvalue weighted by Gasteiger charge is 2.38. The lowest BCUT2D eigenvalue weighted by atomic mass is 10.0. The normalized spacial score (nSPS) is 15.7. The molecule has 6 aromatic rings. The van der Waals surface area contributed by atoms with Crippen LogP contribution in [0, 0.1) is 5.82 Å². The van der Waals surface area contributed by atoms with Gasteiger partial charge in [-0.05, 0) is 29.1 Å². The summed E-state index contributed by atoms with van der Waals surface area (Å²) in [6, 6.07) is 7.65. The van der Waals surface area contributed by atoms with Crippen LogP contribution in [0.4, 0.5) is 13.2 Å². The van der Waals surface area contributed by atoms with E-state index in [2.05, 4.69) is 35.1 Å². The number of hydrogen-bond donors (Lipinski definition) is 2. The minimum absolute atomic E-state index is 0.162. The van der Waals surface area contributed by atoms with Crippen molar-refractivity contribution < 1.29 is 13.2 Å². The van der Waals surface area contributed by atoms with Gasteiger partial charge in [0.05, 0.1) is 17.4 Å². The summed E-state index contributed by atoms with van der Waals surface area (Å²) < 4.78 is 43.3. The fourth-order valence-corrected chi connectivity index (χ4v) is 5.67. The number of alkyl halides is 2. The maximum atomic E-state index is 16.0. The molecule has 0 radical (unpaired) electrons. The number of nitrogens with zero attached hydrogens (tertiary/aromatic N) is 6. The van der Waals surface area contributed by atoms with Gasteiger partial charge in [0.1, 0.15) is 11.5 Å². The zero-order valence-corrected chi connectivity index (χ0v) is 20.6. The van der Waals surface area contributed by atoms with E-state index >= 15 is 4.39 Å². The predicted octanol–water partition coefficient (Wildman–Crippen LogP) is 5.67. The second-order valence-electron chi connectivity index (χ2n) is 9.30. The third-order valence-corrected chi connectivity index (χ3v) is 7.60. The van der Waals surface area contributed by atoms with Crippen LogP contribution in [-0.2, 0) is 6.54 Å². The van der Waals surface area contributed by atoms with Crippen molar-refractivity contribution in [1.29, 1.82) is 0 Å². The number of H-pyrrole nitrogens is 2. The van der Waals surface area contributed by atoms with Crippen molar-refractivity contribution in [3.63, 3.8) is 0 Å². The third-order valence-electron chi connectivity index (χ3n) is 6.70. The van der Waals surface area contributed by atoms with Crippen LogP contribution in [0.5, 0.6) is 0 Å². The number of fused-ring (bicyclic) bond motifs is 2. The second-order valence-corrected chi connectivity index (χ2v) is 10.2. The number of nitrogens with one attached hydrogen (secondary N) is 2. The summed E-state index contributed by atoms with van der Waals surface area (Å²) in [6.45, 7) is 0.319. The van der Waals surface area contributed by atoms with Crippen molar-refractivity contribution in [3.05, 3.63) is 65.8 Å². The van der Waals surface area contributed by atoms with Gasteiger partial charge in [0.2, 0.25) is 0 Å². The first kappa shape index (κ1) is 23.0. The number of thiophene rings is 1. The highest BCUT2D eigenvalue weighted by molar-refractivity contribution is 7.13. The molecule has 0 unspecified atom stereocenters. The Morgan fingerprint density at radius 1 is 1.08 bits per heavy atom. The molecule has 0 bridgehead atoms. The van der Waals surface area contributed by atoms with Crippen LogP contribution in [0.1, 0.15) is 12.0 Å². The van der Waals surface area contributed by atoms with E-state index in [4.69, 9.17) is 0 Å². The van der Waals surface area contributed by atoms with Gasteiger partial charge < -0.3 is 4.98 Å². The number of halogens is 3. The molecule has 0 saturated carbocycles. The highest BCUT2D eigenvalue weighted by Crippen LogP contribution is 2.35. The van der Waals surface area contributed by atoms with Crippen LogP contribution in [0.2, 0.25) is 0 Å². The largest absolute Gasteiger partial charge is 0.335 e. The van der Waals surface area contributed by atoms with E-state index < -0.39 is 11.7 Å². The van der Waals surface area contributed by atoms with Crippen LogP contribution < -0.4 is 0 Å². The number of aromatic nitrogens is 7. The van der Waals surface area contributed by atoms with Crippen molar-refractivity contribution in [2.45, 2.75) is 18.9 Å². The van der Waals surface area contributed by atoms with Crippen LogP contribution in [0.15, 0.2) is 54.4 Å². The minimum atomic E-state index is -2.68. The zero-order valence-electron chi connectivity index (χ0n) is 19.8. The Morgan fingerprint density at radius 2 is 2.00 bits per heavy atom. The Balaban J connectivity index is 1.28. The maximum absolute atomic E-state index is 16.0. The lowest BCUT2D eigenvalue weighted by molar-refractivity contribution is 0.0115. The summed E-state index contributed by atoms with van der Waals surface area (Å²) in [4.78, 5) is 23.6. The van der Waals surface area contributed by atoms with E-state index in [1.165, 1.54) is 12.4 Å². The van der Waals surface area contributed by atoms with E-state index in [0.717, 1.165) is 21.5 Å². The van der Waals surface area contributed by atoms with Gasteiger partial charge in [0.25, 0.3) is 5.92 Å². The minimum Gasteiger partial charge on any atom is -0.335 e. The van der Waals surface area contributed by atoms with Crippen molar-refractivity contribution in [1.82, 2.24) is 40.0 Å². The van der Waals surface area contributed by atoms with Gasteiger partial charge in [0, 0.05) is 65.9 Å². The standard InChI is InChI=1S/C26H19F3N8S/c27-20-17(15-8-14(9-30-10-15)12-37-6-4-26(28,29)13-37)11-32-23-19(20)22(35-36-23)25-33-21-16(18-2-1-7-38-18)3-5-31-24(21)34-25/h1-3,5,7-11H,4,6,12-13H2,(H,31,33,34)(H,32,35,36). The number of pyridine rings is 3. The van der Waals surface area contributed by atoms with Crippen molar-refractivity contribution in [3.8, 4) is 33.1 Å². The lowest BCUT2D eigenvalue weighted by Gasteiger charge is -2.15. The molecule has 0 atom stereocenters. The number of hydrogen-bond acceptors (Lipinski definition) is 7. The Morgan fingerprint density at radius 3 is 2.82 bits per heavy atom. The number of aromatic amines is 2. The first-order valence-corrected chi connectivity index (χ1v) is 12.8. The highest BCUT2D eigenvalue weighted by atomic mass is 32.1. The molecule has 12 heteroatoms. The van der Waals surface area contributed by atoms with Crippen molar-refractivity contribution in [2.75, 3.05) is 13.1 Å². The van der Waals surface area contributed by atoms with Gasteiger partial charge in [-0.3, -0.25) is 15.0 Å². The molecular weight excluding hydrogens is 513 g/mol. The monoisotopic (exact) mass is 532 g/mol. The number of rotatable bonds is 5. The van der Waals surface area contributed by atoms with E-state index in [1.807, 2.05) is 23.6 Å². The molecule has 38 heavy (non-hydrogen) atoms. The van der Waals surface area contributed by atoms with Crippen molar-refractivity contribution >= 4 is 33.5 Å². The molecule has 0 aromatic carbocycles. The Hall–Kier alpha value is -4.16. The smallest absolute Gasteiger partial charge is 0.261 e. The fourth-order valence-electron chi connectivity index (χ4n) is 4.91. The molecule has 2 N–H and O–H groups in total. The summed E-state index contributed by atoms with van der Waals surface area (Å²) >= 11 is 1.60. The molecule has 1 aliphatic heterocycles. The summed E-state index contributed by atoms with van der Waals surface area (Å²) in [6.07, 6.45) is 6.08. The molecule has 8 nitrogen and oxygen atoms in total. The topological polar surface area (TPSA) is 99.3 Å². The molecule has 1 saturated heterocycles. The maximum Gasteiger partial charge on any atom is 0.261 e. The average Bonchev–Trinajstić information content (AvgIpc) is 3.70. The Labute approximate surface area is 217 Å². The average molecular weight is 533 g/mol. The zero-order chi connectivity index (χ0) is 25.9. The van der Waals surface area contributed by atoms with E-state index in [9.17, 15) is 8.78 Å². The molecule has 6 aromatic heterocycles. The Bertz CT molecular complexity index is 1790. The Kier molecular flexibility index (Phi) is 5.27. The molecule has 7 rings (SSSR count). The van der Waals surface area contributed by atoms with Gasteiger partial charge in [-0.2, -0.15) is 5.10 Å². The van der Waals surface area contributed by atoms with E-state index in [-0.39, 0.29) is 29.6 Å². The van der Waals surface area contributed by atoms with Crippen molar-refractivity contribution in [2.24, 2.45) is 0 Å². The van der Waals surface area contributed by atoms with Crippen LogP contribution in [0.25, 0.3) is 55.3 Å². The molecular formula is C26H19F3N8S. The van der Waals surface area contributed by atoms with Gasteiger partial charge in [-0.15, -0.1) is 11.3 Å². The molecule has 0 aliphatic carbocycles. The molecule has 0 amide bonds. The van der Waals surface area contributed by atoms with Crippen LogP contribution >= 0.6 is 11.3 Å². The molecule has 190 valence electrons. The van der Waals surface area contributed by atoms with Crippen LogP contribution in [-0.4, -0.2) is 59.0 Å². The molecule has 1 fully saturated rings. The van der Waals surface area contributed by atoms with E-state index in [1.54, 1.807) is 34.7 Å². The summed E-state index contributed by atoms with van der Waals surface area (Å²) in [5.74, 6) is -2.82. The summed E-state index contributed by atoms with van der Waals surface area (Å²) in [7, 11) is 0. The van der Waals surface area contributed by atoms with Gasteiger partial charge >= 0.3 is 0 Å². The summed E-state index contributed by atoms with van der Waals surface area (Å²) in [5.41, 5.74) is 4.20. The molecule has 1 aliphatic rings. The second kappa shape index (κ2) is 8.71. The SMILES string of the molecule is Fc1c(-c2cncc(CN3CCC(F)(F)C3)c2)cnc2n[nH]c(-c3nc4nccc(-c5cccs5)c4[nH]3)c12. The van der Waals surface area contributed by atoms with E-state index in [0.29, 0.717) is 35.8 Å². The number of imidazole rings is 1. The van der Waals surface area contributed by atoms with Gasteiger partial charge in [0.15, 0.2) is 17.1 Å². The van der Waals surface area contributed by atoms with Gasteiger partial charge in [-0.25, -0.2) is 28.1 Å². The van der Waals surface area contributed by atoms with Gasteiger partial charge in [-0.1, -0.05) is 6.07 Å².